The number of thiazole rings is 1. The molecule has 0 aliphatic rings. The average Bonchev–Trinajstić information content (AvgIpc) is 2.69. The predicted octanol–water partition coefficient (Wildman–Crippen LogP) is 2.93. The van der Waals surface area contributed by atoms with Gasteiger partial charge >= 0.3 is 7.25 Å². The molecule has 0 spiro atoms. The van der Waals surface area contributed by atoms with Crippen LogP contribution in [-0.4, -0.2) is 12.2 Å². The molecule has 2 aromatic heterocycles. The molecule has 0 N–H and O–H groups in total. The summed E-state index contributed by atoms with van der Waals surface area (Å²) in [5.41, 5.74) is 1.18. The SMILES string of the molecule is C[n+]1ccc(-c2nccs2)cc1.F[B-](F)(F)F. The van der Waals surface area contributed by atoms with Gasteiger partial charge in [-0.2, -0.15) is 0 Å². The number of aromatic nitrogens is 2. The fraction of sp³-hybridized carbons (Fsp3) is 0.111. The van der Waals surface area contributed by atoms with E-state index in [0.29, 0.717) is 0 Å². The van der Waals surface area contributed by atoms with Crippen molar-refractivity contribution in [1.82, 2.24) is 4.98 Å². The van der Waals surface area contributed by atoms with E-state index in [9.17, 15) is 17.3 Å². The highest BCUT2D eigenvalue weighted by Gasteiger charge is 2.20. The highest BCUT2D eigenvalue weighted by molar-refractivity contribution is 7.13. The number of rotatable bonds is 1. The zero-order chi connectivity index (χ0) is 12.9. The smallest absolute Gasteiger partial charge is 0.418 e. The molecule has 0 atom stereocenters. The van der Waals surface area contributed by atoms with Gasteiger partial charge in [-0.15, -0.1) is 11.3 Å². The summed E-state index contributed by atoms with van der Waals surface area (Å²) in [6.07, 6.45) is 5.88. The standard InChI is InChI=1S/C9H9N2S.BF4/c1-11-5-2-8(3-6-11)9-10-4-7-12-9;2-1(3,4)5/h2-7H,1H3;/q+1;-1. The third-order valence-electron chi connectivity index (χ3n) is 1.66. The molecule has 0 saturated carbocycles. The molecule has 0 saturated heterocycles. The summed E-state index contributed by atoms with van der Waals surface area (Å²) >= 11 is 1.66. The number of hydrogen-bond acceptors (Lipinski definition) is 2. The number of halogens is 4. The van der Waals surface area contributed by atoms with Crippen molar-refractivity contribution in [1.29, 1.82) is 0 Å². The lowest BCUT2D eigenvalue weighted by Crippen LogP contribution is -2.25. The minimum Gasteiger partial charge on any atom is -0.418 e. The summed E-state index contributed by atoms with van der Waals surface area (Å²) in [5, 5.41) is 3.07. The van der Waals surface area contributed by atoms with Crippen LogP contribution in [0.25, 0.3) is 10.6 Å². The quantitative estimate of drug-likeness (QED) is 0.439. The fourth-order valence-corrected chi connectivity index (χ4v) is 1.65. The van der Waals surface area contributed by atoms with Crippen LogP contribution in [0, 0.1) is 0 Å². The molecule has 2 heterocycles. The molecule has 0 bridgehead atoms. The second-order valence-corrected chi connectivity index (χ2v) is 3.98. The number of pyridine rings is 1. The van der Waals surface area contributed by atoms with Crippen LogP contribution in [0.2, 0.25) is 0 Å². The first-order valence-corrected chi connectivity index (χ1v) is 5.47. The maximum Gasteiger partial charge on any atom is 0.673 e. The minimum absolute atomic E-state index is 1.08. The molecule has 0 aromatic carbocycles. The van der Waals surface area contributed by atoms with Crippen molar-refractivity contribution in [3.63, 3.8) is 0 Å². The van der Waals surface area contributed by atoms with Gasteiger partial charge in [-0.1, -0.05) is 0 Å². The molecule has 0 amide bonds. The first kappa shape index (κ1) is 13.6. The van der Waals surface area contributed by atoms with E-state index < -0.39 is 7.25 Å². The van der Waals surface area contributed by atoms with Gasteiger partial charge in [0.05, 0.1) is 0 Å². The van der Waals surface area contributed by atoms with E-state index in [-0.39, 0.29) is 0 Å². The van der Waals surface area contributed by atoms with Crippen molar-refractivity contribution in [3.8, 4) is 10.6 Å². The number of aryl methyl sites for hydroxylation is 1. The Bertz CT molecular complexity index is 435. The van der Waals surface area contributed by atoms with E-state index in [2.05, 4.69) is 17.1 Å². The van der Waals surface area contributed by atoms with Gasteiger partial charge in [0.2, 0.25) is 0 Å². The van der Waals surface area contributed by atoms with Crippen molar-refractivity contribution in [2.75, 3.05) is 0 Å². The average molecular weight is 264 g/mol. The summed E-state index contributed by atoms with van der Waals surface area (Å²) in [7, 11) is -3.99. The van der Waals surface area contributed by atoms with Gasteiger partial charge in [0.25, 0.3) is 0 Å². The van der Waals surface area contributed by atoms with Gasteiger partial charge in [0.1, 0.15) is 12.1 Å². The molecule has 2 rings (SSSR count). The second kappa shape index (κ2) is 5.76. The van der Waals surface area contributed by atoms with E-state index in [1.807, 2.05) is 35.6 Å². The summed E-state index contributed by atoms with van der Waals surface area (Å²) in [6.45, 7) is 0. The number of nitrogens with zero attached hydrogens (tertiary/aromatic N) is 2. The van der Waals surface area contributed by atoms with Gasteiger partial charge in [-0.3, -0.25) is 0 Å². The fourth-order valence-electron chi connectivity index (χ4n) is 1.01. The summed E-state index contributed by atoms with van der Waals surface area (Å²) < 4.78 is 41.0. The van der Waals surface area contributed by atoms with E-state index >= 15 is 0 Å². The van der Waals surface area contributed by atoms with Crippen LogP contribution < -0.4 is 4.57 Å². The third kappa shape index (κ3) is 6.01. The Balaban J connectivity index is 0.000000249. The first-order chi connectivity index (χ1) is 7.86. The molecule has 0 radical (unpaired) electrons. The molecule has 2 aromatic rings. The molecular formula is C9H9BF4N2S. The lowest BCUT2D eigenvalue weighted by molar-refractivity contribution is -0.671. The van der Waals surface area contributed by atoms with Crippen LogP contribution >= 0.6 is 11.3 Å². The summed E-state index contributed by atoms with van der Waals surface area (Å²) in [4.78, 5) is 4.23. The monoisotopic (exact) mass is 264 g/mol. The molecular weight excluding hydrogens is 255 g/mol. The highest BCUT2D eigenvalue weighted by Crippen LogP contribution is 2.19. The van der Waals surface area contributed by atoms with Crippen LogP contribution in [0.1, 0.15) is 0 Å². The Hall–Kier alpha value is -1.44. The molecule has 2 nitrogen and oxygen atoms in total. The Morgan fingerprint density at radius 3 is 2.12 bits per heavy atom. The maximum absolute atomic E-state index is 9.75. The normalized spacial score (nSPS) is 10.6. The van der Waals surface area contributed by atoms with Crippen molar-refractivity contribution in [2.24, 2.45) is 7.05 Å². The van der Waals surface area contributed by atoms with Gasteiger partial charge in [0, 0.05) is 29.3 Å². The Labute approximate surface area is 99.7 Å². The van der Waals surface area contributed by atoms with E-state index in [1.54, 1.807) is 11.3 Å². The molecule has 92 valence electrons. The molecule has 0 aliphatic heterocycles. The summed E-state index contributed by atoms with van der Waals surface area (Å²) in [5.74, 6) is 0. The molecule has 0 fully saturated rings. The van der Waals surface area contributed by atoms with Crippen molar-refractivity contribution in [3.05, 3.63) is 36.1 Å². The molecule has 8 heteroatoms. The van der Waals surface area contributed by atoms with Crippen molar-refractivity contribution < 1.29 is 21.8 Å². The van der Waals surface area contributed by atoms with E-state index in [4.69, 9.17) is 0 Å². The lowest BCUT2D eigenvalue weighted by atomic mass is 10.3. The Morgan fingerprint density at radius 2 is 1.71 bits per heavy atom. The van der Waals surface area contributed by atoms with Crippen LogP contribution in [0.15, 0.2) is 36.1 Å². The zero-order valence-corrected chi connectivity index (χ0v) is 9.67. The van der Waals surface area contributed by atoms with Crippen LogP contribution in [-0.2, 0) is 7.05 Å². The largest absolute Gasteiger partial charge is 0.673 e. The van der Waals surface area contributed by atoms with E-state index in [0.717, 1.165) is 5.01 Å². The van der Waals surface area contributed by atoms with Crippen LogP contribution in [0.5, 0.6) is 0 Å². The topological polar surface area (TPSA) is 16.8 Å². The van der Waals surface area contributed by atoms with Crippen molar-refractivity contribution in [2.45, 2.75) is 0 Å². The first-order valence-electron chi connectivity index (χ1n) is 4.59. The zero-order valence-electron chi connectivity index (χ0n) is 8.86. The van der Waals surface area contributed by atoms with Crippen LogP contribution in [0.4, 0.5) is 17.3 Å². The Kier molecular flexibility index (Phi) is 4.62. The number of hydrogen-bond donors (Lipinski definition) is 0. The predicted molar refractivity (Wildman–Crippen MR) is 58.9 cm³/mol. The summed E-state index contributed by atoms with van der Waals surface area (Å²) in [6, 6.07) is 4.14. The molecule has 0 aliphatic carbocycles. The van der Waals surface area contributed by atoms with Gasteiger partial charge in [0.15, 0.2) is 12.4 Å². The maximum atomic E-state index is 9.75. The van der Waals surface area contributed by atoms with Gasteiger partial charge < -0.3 is 17.3 Å². The van der Waals surface area contributed by atoms with Crippen LogP contribution in [0.3, 0.4) is 0 Å². The minimum atomic E-state index is -6.00. The molecule has 17 heavy (non-hydrogen) atoms. The molecule has 0 unspecified atom stereocenters. The van der Waals surface area contributed by atoms with Crippen molar-refractivity contribution >= 4 is 18.6 Å². The third-order valence-corrected chi connectivity index (χ3v) is 2.48. The second-order valence-electron chi connectivity index (χ2n) is 3.08. The highest BCUT2D eigenvalue weighted by atomic mass is 32.1. The Morgan fingerprint density at radius 1 is 1.18 bits per heavy atom. The lowest BCUT2D eigenvalue weighted by Gasteiger charge is -1.94. The van der Waals surface area contributed by atoms with Gasteiger partial charge in [-0.05, 0) is 0 Å². The van der Waals surface area contributed by atoms with Gasteiger partial charge in [-0.25, -0.2) is 9.55 Å². The van der Waals surface area contributed by atoms with E-state index in [1.165, 1.54) is 5.56 Å².